The van der Waals surface area contributed by atoms with E-state index in [-0.39, 0.29) is 18.6 Å². The van der Waals surface area contributed by atoms with Gasteiger partial charge < -0.3 is 20.5 Å². The van der Waals surface area contributed by atoms with Gasteiger partial charge in [-0.2, -0.15) is 0 Å². The number of amides is 1. The van der Waals surface area contributed by atoms with Crippen LogP contribution in [0.5, 0.6) is 5.75 Å². The van der Waals surface area contributed by atoms with Crippen molar-refractivity contribution in [1.82, 2.24) is 5.32 Å². The van der Waals surface area contributed by atoms with Gasteiger partial charge in [0.25, 0.3) is 5.91 Å². The summed E-state index contributed by atoms with van der Waals surface area (Å²) in [6.45, 7) is 3.61. The molecule has 1 amide bonds. The number of nitrogen functional groups attached to an aromatic ring is 1. The molecule has 0 spiro atoms. The van der Waals surface area contributed by atoms with Gasteiger partial charge in [0.05, 0.1) is 0 Å². The van der Waals surface area contributed by atoms with Crippen molar-refractivity contribution in [3.8, 4) is 5.75 Å². The predicted molar refractivity (Wildman–Crippen MR) is 77.5 cm³/mol. The molecule has 5 nitrogen and oxygen atoms in total. The highest BCUT2D eigenvalue weighted by Crippen LogP contribution is 2.18. The average Bonchev–Trinajstić information content (AvgIpc) is 2.46. The first-order valence-electron chi connectivity index (χ1n) is 7.00. The zero-order valence-corrected chi connectivity index (χ0v) is 11.8. The van der Waals surface area contributed by atoms with Crippen LogP contribution in [0.2, 0.25) is 0 Å². The lowest BCUT2D eigenvalue weighted by atomic mass is 9.93. The largest absolute Gasteiger partial charge is 0.484 e. The molecule has 1 atom stereocenters. The van der Waals surface area contributed by atoms with E-state index < -0.39 is 0 Å². The van der Waals surface area contributed by atoms with Crippen molar-refractivity contribution in [2.24, 2.45) is 5.92 Å². The molecular weight excluding hydrogens is 256 g/mol. The van der Waals surface area contributed by atoms with Crippen molar-refractivity contribution in [3.63, 3.8) is 0 Å². The number of carbonyl (C=O) groups excluding carboxylic acids is 1. The Morgan fingerprint density at radius 1 is 1.50 bits per heavy atom. The number of hydrogen-bond donors (Lipinski definition) is 2. The van der Waals surface area contributed by atoms with Crippen LogP contribution < -0.4 is 15.8 Å². The summed E-state index contributed by atoms with van der Waals surface area (Å²) < 4.78 is 10.7. The first kappa shape index (κ1) is 14.7. The molecule has 0 saturated carbocycles. The van der Waals surface area contributed by atoms with Gasteiger partial charge in [-0.25, -0.2) is 0 Å². The van der Waals surface area contributed by atoms with Gasteiger partial charge in [0.2, 0.25) is 0 Å². The summed E-state index contributed by atoms with van der Waals surface area (Å²) in [7, 11) is 0. The predicted octanol–water partition coefficient (Wildman–Crippen LogP) is 1.58. The lowest BCUT2D eigenvalue weighted by molar-refractivity contribution is -0.124. The van der Waals surface area contributed by atoms with Crippen molar-refractivity contribution in [1.29, 1.82) is 0 Å². The lowest BCUT2D eigenvalue weighted by Gasteiger charge is -2.28. The molecule has 1 fully saturated rings. The van der Waals surface area contributed by atoms with Gasteiger partial charge in [0.15, 0.2) is 6.61 Å². The smallest absolute Gasteiger partial charge is 0.258 e. The maximum Gasteiger partial charge on any atom is 0.258 e. The van der Waals surface area contributed by atoms with E-state index >= 15 is 0 Å². The third-order valence-electron chi connectivity index (χ3n) is 3.59. The van der Waals surface area contributed by atoms with Crippen molar-refractivity contribution in [3.05, 3.63) is 24.3 Å². The monoisotopic (exact) mass is 278 g/mol. The van der Waals surface area contributed by atoms with E-state index in [4.69, 9.17) is 15.2 Å². The lowest BCUT2D eigenvalue weighted by Crippen LogP contribution is -2.42. The second kappa shape index (κ2) is 7.14. The van der Waals surface area contributed by atoms with Crippen molar-refractivity contribution in [2.75, 3.05) is 25.6 Å². The van der Waals surface area contributed by atoms with Crippen LogP contribution in [-0.4, -0.2) is 31.8 Å². The summed E-state index contributed by atoms with van der Waals surface area (Å²) in [5, 5.41) is 2.98. The van der Waals surface area contributed by atoms with E-state index in [0.29, 0.717) is 17.4 Å². The molecule has 0 aliphatic carbocycles. The number of anilines is 1. The number of nitrogens with two attached hydrogens (primary N) is 1. The van der Waals surface area contributed by atoms with E-state index in [0.717, 1.165) is 26.1 Å². The van der Waals surface area contributed by atoms with Crippen molar-refractivity contribution in [2.45, 2.75) is 25.8 Å². The molecule has 5 heteroatoms. The standard InChI is InChI=1S/C15H22N2O3/c1-11(12-5-7-19-8-6-12)17-15(18)10-20-14-4-2-3-13(16)9-14/h2-4,9,11-12H,5-8,10,16H2,1H3,(H,17,18). The SMILES string of the molecule is CC(NC(=O)COc1cccc(N)c1)C1CCOCC1. The van der Waals surface area contributed by atoms with Gasteiger partial charge in [0, 0.05) is 31.0 Å². The van der Waals surface area contributed by atoms with E-state index in [1.165, 1.54) is 0 Å². The highest BCUT2D eigenvalue weighted by molar-refractivity contribution is 5.77. The fourth-order valence-corrected chi connectivity index (χ4v) is 2.38. The Labute approximate surface area is 119 Å². The molecule has 1 heterocycles. The van der Waals surface area contributed by atoms with Crippen molar-refractivity contribution >= 4 is 11.6 Å². The van der Waals surface area contributed by atoms with Gasteiger partial charge >= 0.3 is 0 Å². The summed E-state index contributed by atoms with van der Waals surface area (Å²) >= 11 is 0. The molecule has 1 saturated heterocycles. The minimum absolute atomic E-state index is 0.0109. The molecule has 1 aliphatic rings. The maximum absolute atomic E-state index is 11.9. The average molecular weight is 278 g/mol. The number of carbonyl (C=O) groups is 1. The third kappa shape index (κ3) is 4.42. The fraction of sp³-hybridized carbons (Fsp3) is 0.533. The summed E-state index contributed by atoms with van der Waals surface area (Å²) in [6, 6.07) is 7.21. The highest BCUT2D eigenvalue weighted by atomic mass is 16.5. The summed E-state index contributed by atoms with van der Waals surface area (Å²) in [4.78, 5) is 11.9. The van der Waals surface area contributed by atoms with Crippen LogP contribution in [0.1, 0.15) is 19.8 Å². The van der Waals surface area contributed by atoms with Crippen molar-refractivity contribution < 1.29 is 14.3 Å². The Hall–Kier alpha value is -1.75. The molecule has 20 heavy (non-hydrogen) atoms. The van der Waals surface area contributed by atoms with E-state index in [1.54, 1.807) is 24.3 Å². The second-order valence-corrected chi connectivity index (χ2v) is 5.17. The van der Waals surface area contributed by atoms with E-state index in [9.17, 15) is 4.79 Å². The van der Waals surface area contributed by atoms with E-state index in [1.807, 2.05) is 6.92 Å². The molecule has 2 rings (SSSR count). The normalized spacial score (nSPS) is 17.4. The Morgan fingerprint density at radius 3 is 2.95 bits per heavy atom. The first-order valence-corrected chi connectivity index (χ1v) is 7.00. The van der Waals surface area contributed by atoms with Crippen LogP contribution in [0.3, 0.4) is 0 Å². The Morgan fingerprint density at radius 2 is 2.25 bits per heavy atom. The van der Waals surface area contributed by atoms with Gasteiger partial charge in [0.1, 0.15) is 5.75 Å². The number of benzene rings is 1. The van der Waals surface area contributed by atoms with Gasteiger partial charge in [-0.1, -0.05) is 6.07 Å². The zero-order chi connectivity index (χ0) is 14.4. The molecule has 0 bridgehead atoms. The summed E-state index contributed by atoms with van der Waals surface area (Å²) in [5.74, 6) is 0.991. The number of ether oxygens (including phenoxy) is 2. The highest BCUT2D eigenvalue weighted by Gasteiger charge is 2.21. The summed E-state index contributed by atoms with van der Waals surface area (Å²) in [5.41, 5.74) is 6.27. The molecular formula is C15H22N2O3. The molecule has 0 radical (unpaired) electrons. The molecule has 3 N–H and O–H groups in total. The second-order valence-electron chi connectivity index (χ2n) is 5.17. The first-order chi connectivity index (χ1) is 9.65. The van der Waals surface area contributed by atoms with E-state index in [2.05, 4.69) is 5.32 Å². The molecule has 110 valence electrons. The van der Waals surface area contributed by atoms with Crippen LogP contribution in [-0.2, 0) is 9.53 Å². The summed E-state index contributed by atoms with van der Waals surface area (Å²) in [6.07, 6.45) is 2.00. The Balaban J connectivity index is 1.74. The van der Waals surface area contributed by atoms with Crippen LogP contribution in [0.15, 0.2) is 24.3 Å². The van der Waals surface area contributed by atoms with Gasteiger partial charge in [-0.15, -0.1) is 0 Å². The Kier molecular flexibility index (Phi) is 5.24. The zero-order valence-electron chi connectivity index (χ0n) is 11.8. The molecule has 1 aromatic rings. The number of rotatable bonds is 5. The van der Waals surface area contributed by atoms with Gasteiger partial charge in [-0.3, -0.25) is 4.79 Å². The third-order valence-corrected chi connectivity index (χ3v) is 3.59. The fourth-order valence-electron chi connectivity index (χ4n) is 2.38. The molecule has 1 aromatic carbocycles. The minimum Gasteiger partial charge on any atom is -0.484 e. The number of hydrogen-bond acceptors (Lipinski definition) is 4. The molecule has 0 aromatic heterocycles. The minimum atomic E-state index is -0.105. The van der Waals surface area contributed by atoms with Crippen LogP contribution in [0, 0.1) is 5.92 Å². The van der Waals surface area contributed by atoms with Crippen LogP contribution in [0.25, 0.3) is 0 Å². The Bertz CT molecular complexity index is 444. The molecule has 1 unspecified atom stereocenters. The number of nitrogens with one attached hydrogen (secondary N) is 1. The maximum atomic E-state index is 11.9. The van der Waals surface area contributed by atoms with Gasteiger partial charge in [-0.05, 0) is 37.8 Å². The quantitative estimate of drug-likeness (QED) is 0.802. The van der Waals surface area contributed by atoms with Crippen LogP contribution >= 0.6 is 0 Å². The molecule has 1 aliphatic heterocycles. The topological polar surface area (TPSA) is 73.6 Å². The van der Waals surface area contributed by atoms with Crippen LogP contribution in [0.4, 0.5) is 5.69 Å².